The van der Waals surface area contributed by atoms with Crippen molar-refractivity contribution in [1.29, 1.82) is 0 Å². The fourth-order valence-corrected chi connectivity index (χ4v) is 3.57. The van der Waals surface area contributed by atoms with Gasteiger partial charge in [0.25, 0.3) is 5.70 Å². The summed E-state index contributed by atoms with van der Waals surface area (Å²) in [5.74, 6) is 0.364. The number of aromatic nitrogens is 1. The molecule has 0 unspecified atom stereocenters. The number of hydrogen-bond acceptors (Lipinski definition) is 8. The monoisotopic (exact) mass is 439 g/mol. The largest absolute Gasteiger partial charge is 0.463 e. The van der Waals surface area contributed by atoms with Crippen molar-refractivity contribution in [3.63, 3.8) is 0 Å². The van der Waals surface area contributed by atoms with Crippen LogP contribution in [0.4, 0.5) is 0 Å². The molecule has 0 atom stereocenters. The fraction of sp³-hybridized carbons (Fsp3) is 0.600. The first-order chi connectivity index (χ1) is 14.2. The van der Waals surface area contributed by atoms with Gasteiger partial charge in [0.05, 0.1) is 24.2 Å². The first-order valence-electron chi connectivity index (χ1n) is 10.1. The van der Waals surface area contributed by atoms with E-state index in [1.165, 1.54) is 0 Å². The van der Waals surface area contributed by atoms with Gasteiger partial charge in [0.2, 0.25) is 0 Å². The zero-order chi connectivity index (χ0) is 22.3. The molecule has 0 saturated carbocycles. The summed E-state index contributed by atoms with van der Waals surface area (Å²) >= 11 is 5.85. The highest BCUT2D eigenvalue weighted by Gasteiger charge is 2.33. The maximum atomic E-state index is 11.8. The number of halogens is 1. The van der Waals surface area contributed by atoms with E-state index in [0.29, 0.717) is 50.1 Å². The Bertz CT molecular complexity index is 769. The Morgan fingerprint density at radius 1 is 1.43 bits per heavy atom. The number of hydrogen-bond donors (Lipinski definition) is 0. The molecule has 1 aromatic heterocycles. The van der Waals surface area contributed by atoms with E-state index in [1.54, 1.807) is 12.3 Å². The van der Waals surface area contributed by atoms with Crippen LogP contribution in [0.5, 0.6) is 0 Å². The Balaban J connectivity index is 2.09. The number of nitrogens with zero attached hydrogens (tertiary/aromatic N) is 5. The Kier molecular flexibility index (Phi) is 8.86. The third kappa shape index (κ3) is 6.84. The summed E-state index contributed by atoms with van der Waals surface area (Å²) in [5.41, 5.74) is 1.08. The standard InChI is InChI=1S/C20H30ClN5O4/c1-5-25(12-16-8-9-18(21)22-11-16)20-17(26(28)29)13-24(14-23(20)4)10-6-7-19(27)30-15(2)3/h8-9,11,15H,5-7,10,12-14H2,1-4H3. The second kappa shape index (κ2) is 11.1. The van der Waals surface area contributed by atoms with E-state index in [0.717, 1.165) is 5.56 Å². The predicted molar refractivity (Wildman–Crippen MR) is 114 cm³/mol. The lowest BCUT2D eigenvalue weighted by Crippen LogP contribution is -2.48. The Morgan fingerprint density at radius 2 is 2.17 bits per heavy atom. The maximum Gasteiger partial charge on any atom is 0.306 e. The summed E-state index contributed by atoms with van der Waals surface area (Å²) in [4.78, 5) is 33.2. The Labute approximate surface area is 182 Å². The van der Waals surface area contributed by atoms with E-state index >= 15 is 0 Å². The molecule has 0 bridgehead atoms. The summed E-state index contributed by atoms with van der Waals surface area (Å²) in [6.07, 6.45) is 2.44. The van der Waals surface area contributed by atoms with Crippen molar-refractivity contribution in [2.24, 2.45) is 0 Å². The molecule has 0 radical (unpaired) electrons. The molecule has 1 aliphatic heterocycles. The number of ether oxygens (including phenoxy) is 1. The van der Waals surface area contributed by atoms with Crippen molar-refractivity contribution >= 4 is 17.6 Å². The van der Waals surface area contributed by atoms with E-state index in [9.17, 15) is 14.9 Å². The molecule has 166 valence electrons. The second-order valence-electron chi connectivity index (χ2n) is 7.56. The van der Waals surface area contributed by atoms with Crippen LogP contribution in [0.25, 0.3) is 0 Å². The van der Waals surface area contributed by atoms with Crippen LogP contribution in [0, 0.1) is 10.1 Å². The van der Waals surface area contributed by atoms with Crippen molar-refractivity contribution in [3.05, 3.63) is 50.7 Å². The summed E-state index contributed by atoms with van der Waals surface area (Å²) in [5, 5.41) is 12.3. The molecular weight excluding hydrogens is 410 g/mol. The number of carbonyl (C=O) groups is 1. The van der Waals surface area contributed by atoms with Gasteiger partial charge in [-0.15, -0.1) is 0 Å². The third-order valence-corrected chi connectivity index (χ3v) is 4.91. The second-order valence-corrected chi connectivity index (χ2v) is 7.95. The van der Waals surface area contributed by atoms with Gasteiger partial charge in [-0.05, 0) is 38.8 Å². The van der Waals surface area contributed by atoms with Crippen LogP contribution in [0.3, 0.4) is 0 Å². The van der Waals surface area contributed by atoms with Crippen LogP contribution in [-0.2, 0) is 16.1 Å². The zero-order valence-corrected chi connectivity index (χ0v) is 18.8. The normalized spacial score (nSPS) is 14.9. The Hall–Kier alpha value is -2.39. The smallest absolute Gasteiger partial charge is 0.306 e. The van der Waals surface area contributed by atoms with Gasteiger partial charge in [-0.1, -0.05) is 17.7 Å². The average Bonchev–Trinajstić information content (AvgIpc) is 2.67. The lowest BCUT2D eigenvalue weighted by atomic mass is 10.2. The van der Waals surface area contributed by atoms with Crippen molar-refractivity contribution in [3.8, 4) is 0 Å². The molecule has 1 aromatic rings. The van der Waals surface area contributed by atoms with Crippen LogP contribution in [-0.4, -0.2) is 70.0 Å². The van der Waals surface area contributed by atoms with Crippen LogP contribution in [0.2, 0.25) is 5.15 Å². The minimum Gasteiger partial charge on any atom is -0.463 e. The zero-order valence-electron chi connectivity index (χ0n) is 18.0. The topological polar surface area (TPSA) is 92.0 Å². The van der Waals surface area contributed by atoms with E-state index in [1.807, 2.05) is 48.6 Å². The summed E-state index contributed by atoms with van der Waals surface area (Å²) < 4.78 is 5.14. The first-order valence-corrected chi connectivity index (χ1v) is 10.4. The molecule has 0 aromatic carbocycles. The summed E-state index contributed by atoms with van der Waals surface area (Å²) in [6, 6.07) is 3.58. The lowest BCUT2D eigenvalue weighted by Gasteiger charge is -2.39. The molecule has 9 nitrogen and oxygen atoms in total. The van der Waals surface area contributed by atoms with Crippen LogP contribution in [0.1, 0.15) is 39.2 Å². The van der Waals surface area contributed by atoms with Crippen molar-refractivity contribution in [2.75, 3.05) is 33.4 Å². The molecule has 30 heavy (non-hydrogen) atoms. The molecule has 0 amide bonds. The fourth-order valence-electron chi connectivity index (χ4n) is 3.46. The van der Waals surface area contributed by atoms with Gasteiger partial charge in [0.1, 0.15) is 5.15 Å². The highest BCUT2D eigenvalue weighted by molar-refractivity contribution is 6.29. The van der Waals surface area contributed by atoms with E-state index in [2.05, 4.69) is 4.98 Å². The number of pyridine rings is 1. The lowest BCUT2D eigenvalue weighted by molar-refractivity contribution is -0.433. The number of carbonyl (C=O) groups excluding carboxylic acids is 1. The SMILES string of the molecule is CCN(Cc1ccc(Cl)nc1)C1=C([N+](=O)[O-])CN(CCCC(=O)OC(C)C)CN1C. The molecule has 0 saturated heterocycles. The molecule has 0 spiro atoms. The maximum absolute atomic E-state index is 11.8. The molecule has 0 aliphatic carbocycles. The highest BCUT2D eigenvalue weighted by atomic mass is 35.5. The van der Waals surface area contributed by atoms with E-state index in [4.69, 9.17) is 16.3 Å². The van der Waals surface area contributed by atoms with Gasteiger partial charge < -0.3 is 14.5 Å². The van der Waals surface area contributed by atoms with Gasteiger partial charge in [0.15, 0.2) is 5.82 Å². The molecular formula is C20H30ClN5O4. The number of nitro groups is 1. The predicted octanol–water partition coefficient (Wildman–Crippen LogP) is 2.94. The van der Waals surface area contributed by atoms with E-state index < -0.39 is 0 Å². The third-order valence-electron chi connectivity index (χ3n) is 4.69. The minimum absolute atomic E-state index is 0.138. The quantitative estimate of drug-likeness (QED) is 0.238. The molecule has 10 heteroatoms. The van der Waals surface area contributed by atoms with Crippen LogP contribution < -0.4 is 0 Å². The van der Waals surface area contributed by atoms with Gasteiger partial charge in [-0.2, -0.15) is 0 Å². The van der Waals surface area contributed by atoms with Crippen LogP contribution >= 0.6 is 11.6 Å². The van der Waals surface area contributed by atoms with Crippen LogP contribution in [0.15, 0.2) is 29.8 Å². The number of esters is 1. The van der Waals surface area contributed by atoms with Gasteiger partial charge in [0, 0.05) is 39.3 Å². The van der Waals surface area contributed by atoms with Crippen molar-refractivity contribution in [2.45, 2.75) is 46.3 Å². The Morgan fingerprint density at radius 3 is 2.73 bits per heavy atom. The minimum atomic E-state index is -0.312. The summed E-state index contributed by atoms with van der Waals surface area (Å²) in [6.45, 7) is 8.05. The first kappa shape index (κ1) is 23.9. The van der Waals surface area contributed by atoms with Crippen molar-refractivity contribution < 1.29 is 14.5 Å². The molecule has 2 heterocycles. The van der Waals surface area contributed by atoms with Gasteiger partial charge in [-0.25, -0.2) is 4.98 Å². The molecule has 1 aliphatic rings. The van der Waals surface area contributed by atoms with Gasteiger partial charge >= 0.3 is 5.97 Å². The molecule has 2 rings (SSSR count). The van der Waals surface area contributed by atoms with E-state index in [-0.39, 0.29) is 29.2 Å². The average molecular weight is 440 g/mol. The molecule has 0 fully saturated rings. The summed E-state index contributed by atoms with van der Waals surface area (Å²) in [7, 11) is 1.85. The van der Waals surface area contributed by atoms with Crippen molar-refractivity contribution in [1.82, 2.24) is 19.7 Å². The molecule has 0 N–H and O–H groups in total. The number of rotatable bonds is 10. The van der Waals surface area contributed by atoms with Gasteiger partial charge in [-0.3, -0.25) is 19.8 Å². The highest BCUT2D eigenvalue weighted by Crippen LogP contribution is 2.24.